The van der Waals surface area contributed by atoms with E-state index in [0.717, 1.165) is 34.6 Å². The number of nitrogens with zero attached hydrogens (tertiary/aromatic N) is 5. The SMILES string of the molecule is C[C@H]1[C@H]([Si](C)(C)F)[C@@H](CCn2cc(C(CO)c3ccccc3)nn2)O[C@]12C(=O)N(Cc1ccc(N3CCNCC3=O)cc1)c1ccccc12. The minimum atomic E-state index is -3.33. The highest BCUT2D eigenvalue weighted by Gasteiger charge is 2.66. The third kappa shape index (κ3) is 6.00. The second kappa shape index (κ2) is 13.2. The molecule has 256 valence electrons. The summed E-state index contributed by atoms with van der Waals surface area (Å²) in [7, 11) is -3.33. The van der Waals surface area contributed by atoms with Gasteiger partial charge in [-0.3, -0.25) is 14.3 Å². The molecule has 12 heteroatoms. The molecule has 0 bridgehead atoms. The van der Waals surface area contributed by atoms with E-state index in [1.807, 2.05) is 92.0 Å². The van der Waals surface area contributed by atoms with Crippen molar-refractivity contribution >= 4 is 31.6 Å². The number of hydrogen-bond donors (Lipinski definition) is 2. The highest BCUT2D eigenvalue weighted by atomic mass is 28.4. The van der Waals surface area contributed by atoms with Crippen molar-refractivity contribution < 1.29 is 23.5 Å². The number of anilines is 2. The zero-order valence-corrected chi connectivity index (χ0v) is 29.1. The summed E-state index contributed by atoms with van der Waals surface area (Å²) in [6, 6.07) is 25.2. The van der Waals surface area contributed by atoms with Crippen LogP contribution in [0, 0.1) is 5.92 Å². The largest absolute Gasteiger partial charge is 0.395 e. The second-order valence-corrected chi connectivity index (χ2v) is 17.7. The minimum absolute atomic E-state index is 0.0335. The summed E-state index contributed by atoms with van der Waals surface area (Å²) in [5, 5.41) is 21.9. The monoisotopic (exact) mass is 682 g/mol. The Balaban J connectivity index is 1.13. The molecular formula is C37H43FN6O4Si. The number of ether oxygens (including phenoxy) is 1. The molecule has 1 aromatic heterocycles. The molecule has 5 atom stereocenters. The Bertz CT molecular complexity index is 1820. The van der Waals surface area contributed by atoms with Gasteiger partial charge in [0.1, 0.15) is 0 Å². The number of halogens is 1. The summed E-state index contributed by atoms with van der Waals surface area (Å²) < 4.78 is 24.9. The van der Waals surface area contributed by atoms with E-state index in [4.69, 9.17) is 4.74 Å². The number of para-hydroxylation sites is 1. The maximum absolute atomic E-state index is 16.3. The number of carbonyl (C=O) groups excluding carboxylic acids is 2. The van der Waals surface area contributed by atoms with Crippen molar-refractivity contribution in [3.63, 3.8) is 0 Å². The molecule has 7 rings (SSSR count). The first-order valence-electron chi connectivity index (χ1n) is 17.1. The fourth-order valence-electron chi connectivity index (χ4n) is 8.17. The molecule has 4 aromatic rings. The topological polar surface area (TPSA) is 113 Å². The molecule has 2 fully saturated rings. The molecule has 4 heterocycles. The van der Waals surface area contributed by atoms with Crippen molar-refractivity contribution in [2.45, 2.75) is 62.7 Å². The Labute approximate surface area is 287 Å². The van der Waals surface area contributed by atoms with E-state index >= 15 is 4.11 Å². The highest BCUT2D eigenvalue weighted by molar-refractivity contribution is 6.72. The molecule has 49 heavy (non-hydrogen) atoms. The average Bonchev–Trinajstić information content (AvgIpc) is 3.76. The summed E-state index contributed by atoms with van der Waals surface area (Å²) >= 11 is 0. The Morgan fingerprint density at radius 2 is 1.80 bits per heavy atom. The summed E-state index contributed by atoms with van der Waals surface area (Å²) in [5.41, 5.74) is 3.17. The van der Waals surface area contributed by atoms with Crippen molar-refractivity contribution in [1.82, 2.24) is 20.3 Å². The molecule has 2 N–H and O–H groups in total. The number of fused-ring (bicyclic) bond motifs is 2. The molecule has 10 nitrogen and oxygen atoms in total. The molecular weight excluding hydrogens is 640 g/mol. The van der Waals surface area contributed by atoms with Crippen molar-refractivity contribution in [1.29, 1.82) is 0 Å². The third-order valence-corrected chi connectivity index (χ3v) is 12.9. The van der Waals surface area contributed by atoms with Gasteiger partial charge in [-0.25, -0.2) is 0 Å². The van der Waals surface area contributed by atoms with Crippen LogP contribution in [0.15, 0.2) is 85.1 Å². The van der Waals surface area contributed by atoms with Gasteiger partial charge in [0.05, 0.1) is 43.1 Å². The van der Waals surface area contributed by atoms with Gasteiger partial charge in [-0.1, -0.05) is 72.8 Å². The molecule has 3 aliphatic heterocycles. The predicted octanol–water partition coefficient (Wildman–Crippen LogP) is 4.75. The van der Waals surface area contributed by atoms with Gasteiger partial charge in [-0.2, -0.15) is 0 Å². The second-order valence-electron chi connectivity index (χ2n) is 13.9. The van der Waals surface area contributed by atoms with Crippen LogP contribution in [-0.2, 0) is 33.0 Å². The average molecular weight is 683 g/mol. The molecule has 2 amide bonds. The standard InChI is InChI=1S/C37H43FN6O4Si/c1-25-35(49(2,3)38)33(17-19-42-23-31(40-41-42)29(24-45)27-9-5-4-6-10-27)48-37(25)30-11-7-8-12-32(30)44(36(37)47)22-26-13-15-28(16-14-26)43-20-18-39-21-34(43)46/h4-16,23,25,29,33,35,39,45H,17-22,24H2,1-3H3/t25-,29?,33+,35-,37+/m0/s1. The molecule has 1 unspecified atom stereocenters. The van der Waals surface area contributed by atoms with Gasteiger partial charge in [-0.05, 0) is 48.8 Å². The molecule has 1 spiro atoms. The quantitative estimate of drug-likeness (QED) is 0.184. The Morgan fingerprint density at radius 3 is 2.51 bits per heavy atom. The number of rotatable bonds is 10. The fraction of sp³-hybridized carbons (Fsp3) is 0.405. The third-order valence-electron chi connectivity index (χ3n) is 10.5. The summed E-state index contributed by atoms with van der Waals surface area (Å²) in [6.45, 7) is 7.70. The van der Waals surface area contributed by atoms with Crippen molar-refractivity contribution in [3.8, 4) is 0 Å². The smallest absolute Gasteiger partial charge is 0.264 e. The molecule has 0 saturated carbocycles. The number of aryl methyl sites for hydroxylation is 1. The van der Waals surface area contributed by atoms with Crippen molar-refractivity contribution in [2.75, 3.05) is 36.0 Å². The number of aliphatic hydroxyl groups excluding tert-OH is 1. The number of carbonyl (C=O) groups is 2. The first kappa shape index (κ1) is 33.3. The van der Waals surface area contributed by atoms with Crippen LogP contribution in [0.25, 0.3) is 0 Å². The number of benzene rings is 3. The van der Waals surface area contributed by atoms with Crippen LogP contribution in [0.5, 0.6) is 0 Å². The molecule has 0 radical (unpaired) electrons. The van der Waals surface area contributed by atoms with Crippen LogP contribution in [0.4, 0.5) is 15.5 Å². The number of aliphatic hydroxyl groups is 1. The van der Waals surface area contributed by atoms with E-state index in [1.165, 1.54) is 0 Å². The fourth-order valence-corrected chi connectivity index (χ4v) is 10.7. The van der Waals surface area contributed by atoms with Gasteiger partial charge in [0.2, 0.25) is 14.3 Å². The van der Waals surface area contributed by atoms with E-state index in [1.54, 1.807) is 27.6 Å². The van der Waals surface area contributed by atoms with Crippen LogP contribution in [0.3, 0.4) is 0 Å². The van der Waals surface area contributed by atoms with Gasteiger partial charge in [0.25, 0.3) is 5.91 Å². The van der Waals surface area contributed by atoms with Gasteiger partial charge < -0.3 is 29.1 Å². The first-order valence-corrected chi connectivity index (χ1v) is 20.0. The van der Waals surface area contributed by atoms with Gasteiger partial charge in [0, 0.05) is 48.5 Å². The number of piperazine rings is 1. The zero-order valence-electron chi connectivity index (χ0n) is 28.1. The summed E-state index contributed by atoms with van der Waals surface area (Å²) in [4.78, 5) is 30.6. The lowest BCUT2D eigenvalue weighted by atomic mass is 9.82. The van der Waals surface area contributed by atoms with Crippen molar-refractivity contribution in [3.05, 3.63) is 107 Å². The van der Waals surface area contributed by atoms with E-state index in [9.17, 15) is 14.7 Å². The summed E-state index contributed by atoms with van der Waals surface area (Å²) in [5.74, 6) is -0.839. The lowest BCUT2D eigenvalue weighted by molar-refractivity contribution is -0.146. The number of nitrogens with one attached hydrogen (secondary N) is 1. The van der Waals surface area contributed by atoms with E-state index in [2.05, 4.69) is 15.6 Å². The predicted molar refractivity (Wildman–Crippen MR) is 187 cm³/mol. The van der Waals surface area contributed by atoms with Crippen LogP contribution in [0.1, 0.15) is 41.6 Å². The molecule has 3 aromatic carbocycles. The Hall–Kier alpha value is -4.23. The van der Waals surface area contributed by atoms with Crippen LogP contribution < -0.4 is 15.1 Å². The van der Waals surface area contributed by atoms with Gasteiger partial charge >= 0.3 is 0 Å². The Kier molecular flexibility index (Phi) is 8.99. The first-order chi connectivity index (χ1) is 23.6. The number of amides is 2. The van der Waals surface area contributed by atoms with E-state index in [-0.39, 0.29) is 24.3 Å². The van der Waals surface area contributed by atoms with E-state index in [0.29, 0.717) is 38.3 Å². The number of hydrogen-bond acceptors (Lipinski definition) is 7. The normalized spacial score (nSPS) is 24.6. The number of aromatic nitrogens is 3. The Morgan fingerprint density at radius 1 is 1.06 bits per heavy atom. The highest BCUT2D eigenvalue weighted by Crippen LogP contribution is 2.60. The molecule has 0 aliphatic carbocycles. The van der Waals surface area contributed by atoms with E-state index < -0.39 is 31.6 Å². The van der Waals surface area contributed by atoms with Crippen molar-refractivity contribution in [2.24, 2.45) is 5.92 Å². The molecule has 2 saturated heterocycles. The minimum Gasteiger partial charge on any atom is -0.395 e. The van der Waals surface area contributed by atoms with Gasteiger partial charge in [0.15, 0.2) is 5.60 Å². The lowest BCUT2D eigenvalue weighted by Gasteiger charge is -2.31. The lowest BCUT2D eigenvalue weighted by Crippen LogP contribution is -2.48. The summed E-state index contributed by atoms with van der Waals surface area (Å²) in [6.07, 6.45) is 1.78. The zero-order chi connectivity index (χ0) is 34.3. The van der Waals surface area contributed by atoms with Crippen LogP contribution >= 0.6 is 0 Å². The van der Waals surface area contributed by atoms with Crippen LogP contribution in [0.2, 0.25) is 18.6 Å². The van der Waals surface area contributed by atoms with Crippen LogP contribution in [-0.4, -0.2) is 72.7 Å². The maximum Gasteiger partial charge on any atom is 0.264 e. The van der Waals surface area contributed by atoms with Gasteiger partial charge in [-0.15, -0.1) is 5.10 Å². The molecule has 3 aliphatic rings. The maximum atomic E-state index is 16.3.